The van der Waals surface area contributed by atoms with Gasteiger partial charge >= 0.3 is 0 Å². The van der Waals surface area contributed by atoms with E-state index >= 15 is 0 Å². The van der Waals surface area contributed by atoms with E-state index in [1.807, 2.05) is 4.72 Å². The summed E-state index contributed by atoms with van der Waals surface area (Å²) >= 11 is 5.64. The zero-order valence-electron chi connectivity index (χ0n) is 9.77. The maximum absolute atomic E-state index is 13.8. The van der Waals surface area contributed by atoms with Gasteiger partial charge in [0.2, 0.25) is 5.95 Å². The number of nitrogens with two attached hydrogens (primary N) is 1. The summed E-state index contributed by atoms with van der Waals surface area (Å²) < 4.78 is 52.6. The van der Waals surface area contributed by atoms with E-state index in [1.54, 1.807) is 0 Å². The summed E-state index contributed by atoms with van der Waals surface area (Å²) in [6.07, 6.45) is 0. The Kier molecular flexibility index (Phi) is 3.78. The van der Waals surface area contributed by atoms with Gasteiger partial charge in [0.1, 0.15) is 10.7 Å². The molecule has 0 aliphatic carbocycles. The number of pyridine rings is 1. The summed E-state index contributed by atoms with van der Waals surface area (Å²) in [5, 5.41) is -0.0449. The maximum atomic E-state index is 13.8. The van der Waals surface area contributed by atoms with Crippen LogP contribution in [0.4, 0.5) is 20.3 Å². The molecular formula is C11H8ClF2N3O2S. The van der Waals surface area contributed by atoms with E-state index in [9.17, 15) is 17.2 Å². The second-order valence-electron chi connectivity index (χ2n) is 3.76. The summed E-state index contributed by atoms with van der Waals surface area (Å²) in [5.74, 6) is -2.31. The number of halogens is 3. The first-order chi connectivity index (χ1) is 9.29. The van der Waals surface area contributed by atoms with Gasteiger partial charge in [0.25, 0.3) is 10.0 Å². The molecule has 0 saturated heterocycles. The summed E-state index contributed by atoms with van der Waals surface area (Å²) in [6, 6.07) is 5.48. The number of benzene rings is 1. The van der Waals surface area contributed by atoms with Crippen molar-refractivity contribution in [3.63, 3.8) is 0 Å². The Hall–Kier alpha value is -1.93. The standard InChI is InChI=1S/C11H8ClF2N3O2S/c12-6-4-7(15)11(14)8(5-6)20(18,19)17-10-3-1-2-9(13)16-10/h1-5H,15H2,(H,16,17). The predicted octanol–water partition coefficient (Wildman–Crippen LogP) is 2.40. The molecule has 0 aliphatic heterocycles. The van der Waals surface area contributed by atoms with Crippen molar-refractivity contribution in [2.75, 3.05) is 10.5 Å². The molecule has 2 rings (SSSR count). The lowest BCUT2D eigenvalue weighted by atomic mass is 10.3. The normalized spacial score (nSPS) is 11.3. The molecule has 20 heavy (non-hydrogen) atoms. The fraction of sp³-hybridized carbons (Fsp3) is 0. The van der Waals surface area contributed by atoms with Gasteiger partial charge in [0.05, 0.1) is 5.69 Å². The van der Waals surface area contributed by atoms with Gasteiger partial charge in [-0.3, -0.25) is 4.72 Å². The number of sulfonamides is 1. The average molecular weight is 320 g/mol. The third-order valence-corrected chi connectivity index (χ3v) is 3.85. The van der Waals surface area contributed by atoms with Crippen molar-refractivity contribution in [2.24, 2.45) is 0 Å². The lowest BCUT2D eigenvalue weighted by Crippen LogP contribution is -2.16. The second-order valence-corrected chi connectivity index (χ2v) is 5.85. The smallest absolute Gasteiger partial charge is 0.266 e. The molecule has 2 aromatic rings. The molecule has 1 aromatic carbocycles. The monoisotopic (exact) mass is 319 g/mol. The number of nitrogen functional groups attached to an aromatic ring is 1. The number of hydrogen-bond acceptors (Lipinski definition) is 4. The highest BCUT2D eigenvalue weighted by atomic mass is 35.5. The fourth-order valence-electron chi connectivity index (χ4n) is 1.44. The van der Waals surface area contributed by atoms with Crippen molar-refractivity contribution in [3.8, 4) is 0 Å². The van der Waals surface area contributed by atoms with Crippen LogP contribution in [0.15, 0.2) is 35.2 Å². The van der Waals surface area contributed by atoms with Crippen molar-refractivity contribution in [1.82, 2.24) is 4.98 Å². The Morgan fingerprint density at radius 1 is 1.25 bits per heavy atom. The first-order valence-electron chi connectivity index (χ1n) is 5.19. The van der Waals surface area contributed by atoms with Crippen LogP contribution < -0.4 is 10.5 Å². The van der Waals surface area contributed by atoms with Crippen molar-refractivity contribution in [3.05, 3.63) is 47.1 Å². The quantitative estimate of drug-likeness (QED) is 0.672. The Labute approximate surface area is 118 Å². The van der Waals surface area contributed by atoms with E-state index in [0.29, 0.717) is 0 Å². The zero-order chi connectivity index (χ0) is 14.9. The van der Waals surface area contributed by atoms with Gasteiger partial charge in [-0.05, 0) is 24.3 Å². The summed E-state index contributed by atoms with van der Waals surface area (Å²) in [4.78, 5) is 2.57. The maximum Gasteiger partial charge on any atom is 0.266 e. The minimum Gasteiger partial charge on any atom is -0.396 e. The number of nitrogens with one attached hydrogen (secondary N) is 1. The predicted molar refractivity (Wildman–Crippen MR) is 70.8 cm³/mol. The van der Waals surface area contributed by atoms with E-state index in [2.05, 4.69) is 4.98 Å². The third-order valence-electron chi connectivity index (χ3n) is 2.28. The highest BCUT2D eigenvalue weighted by molar-refractivity contribution is 7.92. The molecule has 0 fully saturated rings. The molecule has 5 nitrogen and oxygen atoms in total. The van der Waals surface area contributed by atoms with E-state index in [-0.39, 0.29) is 10.8 Å². The second kappa shape index (κ2) is 5.22. The highest BCUT2D eigenvalue weighted by Crippen LogP contribution is 2.26. The van der Waals surface area contributed by atoms with Crippen LogP contribution in [0.2, 0.25) is 5.02 Å². The Balaban J connectivity index is 2.46. The highest BCUT2D eigenvalue weighted by Gasteiger charge is 2.22. The molecule has 106 valence electrons. The van der Waals surface area contributed by atoms with Crippen LogP contribution in [-0.4, -0.2) is 13.4 Å². The topological polar surface area (TPSA) is 85.1 Å². The Morgan fingerprint density at radius 3 is 2.60 bits per heavy atom. The summed E-state index contributed by atoms with van der Waals surface area (Å²) in [6.45, 7) is 0. The molecule has 0 spiro atoms. The summed E-state index contributed by atoms with van der Waals surface area (Å²) in [5.41, 5.74) is 4.90. The van der Waals surface area contributed by atoms with Crippen molar-refractivity contribution < 1.29 is 17.2 Å². The van der Waals surface area contributed by atoms with Crippen molar-refractivity contribution in [2.45, 2.75) is 4.90 Å². The minimum atomic E-state index is -4.32. The van der Waals surface area contributed by atoms with E-state index in [4.69, 9.17) is 17.3 Å². The molecule has 0 saturated carbocycles. The lowest BCUT2D eigenvalue weighted by molar-refractivity contribution is 0.572. The molecule has 0 unspecified atom stereocenters. The largest absolute Gasteiger partial charge is 0.396 e. The van der Waals surface area contributed by atoms with E-state index in [0.717, 1.165) is 18.2 Å². The number of aromatic nitrogens is 1. The molecule has 3 N–H and O–H groups in total. The Bertz CT molecular complexity index is 768. The van der Waals surface area contributed by atoms with Gasteiger partial charge < -0.3 is 5.73 Å². The van der Waals surface area contributed by atoms with Crippen LogP contribution in [-0.2, 0) is 10.0 Å². The first-order valence-corrected chi connectivity index (χ1v) is 7.05. The number of anilines is 2. The van der Waals surface area contributed by atoms with Crippen LogP contribution >= 0.6 is 11.6 Å². The molecule has 1 heterocycles. The van der Waals surface area contributed by atoms with Crippen molar-refractivity contribution in [1.29, 1.82) is 0 Å². The SMILES string of the molecule is Nc1cc(Cl)cc(S(=O)(=O)Nc2cccc(F)n2)c1F. The first kappa shape index (κ1) is 14.5. The lowest BCUT2D eigenvalue weighted by Gasteiger charge is -2.09. The Morgan fingerprint density at radius 2 is 1.95 bits per heavy atom. The van der Waals surface area contributed by atoms with Gasteiger partial charge in [-0.25, -0.2) is 17.8 Å². The number of nitrogens with zero attached hydrogens (tertiary/aromatic N) is 1. The van der Waals surface area contributed by atoms with Crippen LogP contribution in [0.3, 0.4) is 0 Å². The van der Waals surface area contributed by atoms with Gasteiger partial charge in [0, 0.05) is 5.02 Å². The third kappa shape index (κ3) is 2.97. The van der Waals surface area contributed by atoms with Crippen LogP contribution in [0.5, 0.6) is 0 Å². The molecule has 0 bridgehead atoms. The summed E-state index contributed by atoms with van der Waals surface area (Å²) in [7, 11) is -4.32. The van der Waals surface area contributed by atoms with Crippen LogP contribution in [0.25, 0.3) is 0 Å². The molecular weight excluding hydrogens is 312 g/mol. The fourth-order valence-corrected chi connectivity index (χ4v) is 2.86. The minimum absolute atomic E-state index is 0.0449. The molecule has 0 aliphatic rings. The van der Waals surface area contributed by atoms with Crippen LogP contribution in [0, 0.1) is 11.8 Å². The molecule has 0 radical (unpaired) electrons. The molecule has 0 atom stereocenters. The van der Waals surface area contributed by atoms with Gasteiger partial charge in [-0.15, -0.1) is 0 Å². The number of hydrogen-bond donors (Lipinski definition) is 2. The number of rotatable bonds is 3. The van der Waals surface area contributed by atoms with Gasteiger partial charge in [-0.1, -0.05) is 17.7 Å². The zero-order valence-corrected chi connectivity index (χ0v) is 11.3. The van der Waals surface area contributed by atoms with Gasteiger partial charge in [0.15, 0.2) is 5.82 Å². The van der Waals surface area contributed by atoms with Crippen LogP contribution in [0.1, 0.15) is 0 Å². The van der Waals surface area contributed by atoms with Gasteiger partial charge in [-0.2, -0.15) is 4.39 Å². The molecule has 0 amide bonds. The molecule has 1 aromatic heterocycles. The average Bonchev–Trinajstić information content (AvgIpc) is 2.33. The molecule has 9 heteroatoms. The van der Waals surface area contributed by atoms with E-state index < -0.39 is 32.4 Å². The van der Waals surface area contributed by atoms with E-state index in [1.165, 1.54) is 12.1 Å². The van der Waals surface area contributed by atoms with Crippen molar-refractivity contribution >= 4 is 33.1 Å².